The van der Waals surface area contributed by atoms with Crippen LogP contribution in [0.3, 0.4) is 0 Å². The molecule has 2 fully saturated rings. The summed E-state index contributed by atoms with van der Waals surface area (Å²) in [6.45, 7) is 3.67. The Morgan fingerprint density at radius 2 is 1.76 bits per heavy atom. The number of hydrogen-bond donors (Lipinski definition) is 3. The summed E-state index contributed by atoms with van der Waals surface area (Å²) in [5.41, 5.74) is 8.46. The lowest BCUT2D eigenvalue weighted by atomic mass is 9.65. The Balaban J connectivity index is 1.80. The van der Waals surface area contributed by atoms with Crippen molar-refractivity contribution in [2.24, 2.45) is 28.6 Å². The second-order valence-electron chi connectivity index (χ2n) is 7.64. The fraction of sp³-hybridized carbons (Fsp3) is 0.611. The van der Waals surface area contributed by atoms with Gasteiger partial charge in [-0.1, -0.05) is 6.42 Å². The number of carbonyl (C=O) groups excluding carboxylic acids is 1. The number of fused-ring (bicyclic) bond motifs is 2. The van der Waals surface area contributed by atoms with Gasteiger partial charge in [0, 0.05) is 17.6 Å². The molecule has 2 unspecified atom stereocenters. The van der Waals surface area contributed by atoms with Crippen molar-refractivity contribution in [1.29, 1.82) is 0 Å². The molecule has 0 spiro atoms. The molecule has 0 saturated heterocycles. The number of aryl methyl sites for hydroxylation is 1. The van der Waals surface area contributed by atoms with E-state index in [0.29, 0.717) is 17.5 Å². The fourth-order valence-electron chi connectivity index (χ4n) is 4.36. The molecule has 2 bridgehead atoms. The normalized spacial score (nSPS) is 29.3. The first kappa shape index (κ1) is 18.4. The van der Waals surface area contributed by atoms with E-state index >= 15 is 0 Å². The molecule has 0 heterocycles. The summed E-state index contributed by atoms with van der Waals surface area (Å²) >= 11 is 0. The number of carbonyl (C=O) groups is 1. The first-order valence-corrected chi connectivity index (χ1v) is 10.4. The average molecular weight is 365 g/mol. The number of benzene rings is 1. The topological polar surface area (TPSA) is 115 Å². The summed E-state index contributed by atoms with van der Waals surface area (Å²) in [5, 5.41) is 8.18. The minimum absolute atomic E-state index is 0.0217. The molecule has 0 aliphatic heterocycles. The number of primary sulfonamides is 1. The number of nitrogens with two attached hydrogens (primary N) is 2. The maximum Gasteiger partial charge on any atom is 0.238 e. The van der Waals surface area contributed by atoms with E-state index in [4.69, 9.17) is 10.9 Å². The van der Waals surface area contributed by atoms with Crippen molar-refractivity contribution >= 4 is 21.6 Å². The van der Waals surface area contributed by atoms with Crippen LogP contribution in [0.4, 0.5) is 5.69 Å². The molecular weight excluding hydrogens is 338 g/mol. The van der Waals surface area contributed by atoms with E-state index in [1.165, 1.54) is 18.6 Å². The smallest absolute Gasteiger partial charge is 0.238 e. The lowest BCUT2D eigenvalue weighted by Gasteiger charge is -2.43. The van der Waals surface area contributed by atoms with Gasteiger partial charge in [-0.25, -0.2) is 13.6 Å². The van der Waals surface area contributed by atoms with Gasteiger partial charge in [0.2, 0.25) is 15.9 Å². The third-order valence-corrected chi connectivity index (χ3v) is 6.90. The molecule has 1 aromatic carbocycles. The Labute approximate surface area is 149 Å². The predicted molar refractivity (Wildman–Crippen MR) is 97.4 cm³/mol. The molecular formula is C18H27N3O3S. The highest BCUT2D eigenvalue weighted by Crippen LogP contribution is 2.42. The number of anilines is 1. The van der Waals surface area contributed by atoms with Crippen molar-refractivity contribution in [1.82, 2.24) is 0 Å². The summed E-state index contributed by atoms with van der Waals surface area (Å²) < 4.78 is 23.3. The number of sulfonamides is 1. The molecule has 1 aromatic rings. The van der Waals surface area contributed by atoms with Gasteiger partial charge in [-0.05, 0) is 74.6 Å². The Kier molecular flexibility index (Phi) is 4.92. The maximum atomic E-state index is 12.8. The van der Waals surface area contributed by atoms with Crippen molar-refractivity contribution < 1.29 is 13.2 Å². The van der Waals surface area contributed by atoms with Crippen LogP contribution in [0.25, 0.3) is 0 Å². The van der Waals surface area contributed by atoms with Crippen LogP contribution in [-0.2, 0) is 14.8 Å². The monoisotopic (exact) mass is 365 g/mol. The zero-order valence-electron chi connectivity index (χ0n) is 14.8. The van der Waals surface area contributed by atoms with Crippen LogP contribution in [0.1, 0.15) is 43.2 Å². The second-order valence-corrected chi connectivity index (χ2v) is 9.21. The largest absolute Gasteiger partial charge is 0.327 e. The van der Waals surface area contributed by atoms with Gasteiger partial charge in [0.05, 0.1) is 4.90 Å². The highest BCUT2D eigenvalue weighted by atomic mass is 32.2. The number of nitrogens with one attached hydrogen (secondary N) is 1. The number of hydrogen-bond acceptors (Lipinski definition) is 4. The molecule has 3 rings (SSSR count). The van der Waals surface area contributed by atoms with E-state index in [-0.39, 0.29) is 22.8 Å². The van der Waals surface area contributed by atoms with E-state index in [0.717, 1.165) is 36.8 Å². The van der Waals surface area contributed by atoms with Crippen LogP contribution < -0.4 is 16.2 Å². The molecule has 6 nitrogen and oxygen atoms in total. The minimum atomic E-state index is -3.81. The SMILES string of the molecule is Cc1cc(S(N)(=O)=O)cc(NC(=O)C2CC3CCCC(C2)C3N)c1C. The van der Waals surface area contributed by atoms with E-state index in [2.05, 4.69) is 5.32 Å². The van der Waals surface area contributed by atoms with Crippen molar-refractivity contribution in [3.05, 3.63) is 23.3 Å². The first-order valence-electron chi connectivity index (χ1n) is 8.87. The molecule has 2 atom stereocenters. The van der Waals surface area contributed by atoms with Gasteiger partial charge in [0.25, 0.3) is 0 Å². The Bertz CT molecular complexity index is 777. The third-order valence-electron chi connectivity index (χ3n) is 6.01. The highest BCUT2D eigenvalue weighted by molar-refractivity contribution is 7.89. The fourth-order valence-corrected chi connectivity index (χ4v) is 4.98. The lowest BCUT2D eigenvalue weighted by molar-refractivity contribution is -0.122. The molecule has 25 heavy (non-hydrogen) atoms. The van der Waals surface area contributed by atoms with Gasteiger partial charge in [0.15, 0.2) is 0 Å². The van der Waals surface area contributed by atoms with Crippen LogP contribution >= 0.6 is 0 Å². The highest BCUT2D eigenvalue weighted by Gasteiger charge is 2.40. The van der Waals surface area contributed by atoms with Gasteiger partial charge in [0.1, 0.15) is 0 Å². The van der Waals surface area contributed by atoms with Gasteiger partial charge < -0.3 is 11.1 Å². The number of amides is 1. The Morgan fingerprint density at radius 3 is 2.32 bits per heavy atom. The quantitative estimate of drug-likeness (QED) is 0.760. The van der Waals surface area contributed by atoms with Crippen LogP contribution in [0.5, 0.6) is 0 Å². The first-order chi connectivity index (χ1) is 11.7. The van der Waals surface area contributed by atoms with Crippen LogP contribution in [-0.4, -0.2) is 20.4 Å². The summed E-state index contributed by atoms with van der Waals surface area (Å²) in [7, 11) is -3.81. The number of rotatable bonds is 3. The lowest BCUT2D eigenvalue weighted by Crippen LogP contribution is -2.48. The van der Waals surface area contributed by atoms with Crippen LogP contribution in [0.15, 0.2) is 17.0 Å². The summed E-state index contributed by atoms with van der Waals surface area (Å²) in [4.78, 5) is 12.8. The average Bonchev–Trinajstić information content (AvgIpc) is 2.50. The van der Waals surface area contributed by atoms with Gasteiger partial charge >= 0.3 is 0 Å². The molecule has 0 radical (unpaired) electrons. The van der Waals surface area contributed by atoms with E-state index in [1.807, 2.05) is 13.8 Å². The molecule has 7 heteroatoms. The predicted octanol–water partition coefficient (Wildman–Crippen LogP) is 2.04. The molecule has 5 N–H and O–H groups in total. The van der Waals surface area contributed by atoms with Crippen molar-refractivity contribution in [3.8, 4) is 0 Å². The van der Waals surface area contributed by atoms with Crippen LogP contribution in [0, 0.1) is 31.6 Å². The van der Waals surface area contributed by atoms with Crippen molar-refractivity contribution in [3.63, 3.8) is 0 Å². The van der Waals surface area contributed by atoms with Crippen LogP contribution in [0.2, 0.25) is 0 Å². The third kappa shape index (κ3) is 3.73. The zero-order valence-corrected chi connectivity index (χ0v) is 15.6. The summed E-state index contributed by atoms with van der Waals surface area (Å²) in [6, 6.07) is 3.20. The summed E-state index contributed by atoms with van der Waals surface area (Å²) in [6.07, 6.45) is 5.03. The minimum Gasteiger partial charge on any atom is -0.327 e. The van der Waals surface area contributed by atoms with Crippen molar-refractivity contribution in [2.45, 2.75) is 56.9 Å². The van der Waals surface area contributed by atoms with E-state index in [1.54, 1.807) is 0 Å². The molecule has 138 valence electrons. The second kappa shape index (κ2) is 6.70. The van der Waals surface area contributed by atoms with Gasteiger partial charge in [-0.2, -0.15) is 0 Å². The van der Waals surface area contributed by atoms with Gasteiger partial charge in [-0.3, -0.25) is 4.79 Å². The molecule has 2 saturated carbocycles. The molecule has 0 aromatic heterocycles. The maximum absolute atomic E-state index is 12.8. The van der Waals surface area contributed by atoms with E-state index < -0.39 is 10.0 Å². The summed E-state index contributed by atoms with van der Waals surface area (Å²) in [5.74, 6) is 0.731. The molecule has 2 aliphatic carbocycles. The van der Waals surface area contributed by atoms with Gasteiger partial charge in [-0.15, -0.1) is 0 Å². The Hall–Kier alpha value is -1.44. The van der Waals surface area contributed by atoms with E-state index in [9.17, 15) is 13.2 Å². The standard InChI is InChI=1S/C18H27N3O3S/c1-10-6-15(25(20,23)24)9-16(11(10)2)21-18(22)14-7-12-4-3-5-13(8-14)17(12)19/h6,9,12-14,17H,3-5,7-8,19H2,1-2H3,(H,21,22)(H2,20,23,24). The molecule has 2 aliphatic rings. The zero-order chi connectivity index (χ0) is 18.4. The Morgan fingerprint density at radius 1 is 1.16 bits per heavy atom. The molecule has 1 amide bonds. The van der Waals surface area contributed by atoms with Crippen molar-refractivity contribution in [2.75, 3.05) is 5.32 Å².